The van der Waals surface area contributed by atoms with Crippen LogP contribution in [0.2, 0.25) is 5.02 Å². The van der Waals surface area contributed by atoms with E-state index in [1.54, 1.807) is 6.07 Å². The zero-order valence-electron chi connectivity index (χ0n) is 17.7. The number of hydrogen-bond donors (Lipinski definition) is 1. The number of rotatable bonds is 7. The second-order valence-corrected chi connectivity index (χ2v) is 8.88. The molecule has 2 aromatic heterocycles. The average Bonchev–Trinajstić information content (AvgIpc) is 3.35. The molecule has 1 N–H and O–H groups in total. The Kier molecular flexibility index (Phi) is 6.58. The molecule has 6 nitrogen and oxygen atoms in total. The van der Waals surface area contributed by atoms with Gasteiger partial charge in [0.2, 0.25) is 0 Å². The lowest BCUT2D eigenvalue weighted by Gasteiger charge is -2.14. The first-order valence-corrected chi connectivity index (χ1v) is 11.3. The minimum Gasteiger partial charge on any atom is -0.451 e. The highest BCUT2D eigenvalue weighted by atomic mass is 35.5. The number of nitrogens with zero attached hydrogens (tertiary/aromatic N) is 2. The summed E-state index contributed by atoms with van der Waals surface area (Å²) in [6.07, 6.45) is 0. The number of hydrogen-bond acceptors (Lipinski definition) is 5. The molecule has 0 unspecified atom stereocenters. The number of carbonyl (C=O) groups excluding carboxylic acids is 2. The molecule has 2 heterocycles. The Morgan fingerprint density at radius 3 is 2.62 bits per heavy atom. The maximum absolute atomic E-state index is 12.6. The van der Waals surface area contributed by atoms with Crippen LogP contribution in [0.15, 0.2) is 60.7 Å². The third-order valence-electron chi connectivity index (χ3n) is 5.10. The molecule has 0 aliphatic carbocycles. The Labute approximate surface area is 194 Å². The minimum absolute atomic E-state index is 0.176. The Bertz CT molecular complexity index is 1270. The van der Waals surface area contributed by atoms with Crippen LogP contribution in [0.3, 0.4) is 0 Å². The number of benzene rings is 2. The van der Waals surface area contributed by atoms with E-state index in [4.69, 9.17) is 16.3 Å². The molecule has 4 rings (SSSR count). The standard InChI is InChI=1S/C24H22ClN3O3S/c1-15(17-8-4-3-5-9-17)26-22(29)14-31-24(30)21-12-19-16(2)27-28(23(19)32-21)13-18-10-6-7-11-20(18)25/h3-12,15H,13-14H2,1-2H3,(H,26,29)/t15-/m0/s1. The average molecular weight is 468 g/mol. The van der Waals surface area contributed by atoms with E-state index in [1.807, 2.05) is 73.1 Å². The van der Waals surface area contributed by atoms with Crippen molar-refractivity contribution in [3.63, 3.8) is 0 Å². The van der Waals surface area contributed by atoms with Gasteiger partial charge in [-0.25, -0.2) is 4.79 Å². The van der Waals surface area contributed by atoms with Gasteiger partial charge in [0.05, 0.1) is 18.3 Å². The number of esters is 1. The van der Waals surface area contributed by atoms with E-state index in [-0.39, 0.29) is 18.6 Å². The third-order valence-corrected chi connectivity index (χ3v) is 6.60. The van der Waals surface area contributed by atoms with Crippen molar-refractivity contribution in [2.45, 2.75) is 26.4 Å². The fourth-order valence-electron chi connectivity index (χ4n) is 3.42. The molecule has 0 bridgehead atoms. The van der Waals surface area contributed by atoms with Gasteiger partial charge in [-0.1, -0.05) is 60.1 Å². The number of nitrogens with one attached hydrogen (secondary N) is 1. The summed E-state index contributed by atoms with van der Waals surface area (Å²) in [5.74, 6) is -0.880. The second-order valence-electron chi connectivity index (χ2n) is 7.44. The van der Waals surface area contributed by atoms with Crippen molar-refractivity contribution in [3.8, 4) is 0 Å². The summed E-state index contributed by atoms with van der Waals surface area (Å²) in [6, 6.07) is 18.8. The lowest BCUT2D eigenvalue weighted by molar-refractivity contribution is -0.124. The molecule has 2 aromatic carbocycles. The zero-order valence-corrected chi connectivity index (χ0v) is 19.2. The van der Waals surface area contributed by atoms with Crippen LogP contribution in [0.5, 0.6) is 0 Å². The van der Waals surface area contributed by atoms with Gasteiger partial charge in [0.15, 0.2) is 6.61 Å². The molecule has 0 fully saturated rings. The molecule has 1 atom stereocenters. The van der Waals surface area contributed by atoms with Crippen LogP contribution in [0, 0.1) is 6.92 Å². The smallest absolute Gasteiger partial charge is 0.348 e. The molecule has 4 aromatic rings. The quantitative estimate of drug-likeness (QED) is 0.382. The van der Waals surface area contributed by atoms with Gasteiger partial charge in [0.1, 0.15) is 9.71 Å². The van der Waals surface area contributed by atoms with E-state index >= 15 is 0 Å². The lowest BCUT2D eigenvalue weighted by atomic mass is 10.1. The number of fused-ring (bicyclic) bond motifs is 1. The SMILES string of the molecule is Cc1nn(Cc2ccccc2Cl)c2sc(C(=O)OCC(=O)N[C@@H](C)c3ccccc3)cc12. The Morgan fingerprint density at radius 1 is 1.16 bits per heavy atom. The number of carbonyl (C=O) groups is 2. The van der Waals surface area contributed by atoms with Gasteiger partial charge in [0.25, 0.3) is 5.91 Å². The van der Waals surface area contributed by atoms with Gasteiger partial charge >= 0.3 is 5.97 Å². The number of aromatic nitrogens is 2. The largest absolute Gasteiger partial charge is 0.451 e. The molecule has 0 spiro atoms. The summed E-state index contributed by atoms with van der Waals surface area (Å²) < 4.78 is 7.09. The number of amides is 1. The van der Waals surface area contributed by atoms with Gasteiger partial charge < -0.3 is 10.1 Å². The van der Waals surface area contributed by atoms with Crippen molar-refractivity contribution in [3.05, 3.63) is 87.4 Å². The highest BCUT2D eigenvalue weighted by Gasteiger charge is 2.19. The fourth-order valence-corrected chi connectivity index (χ4v) is 4.67. The molecule has 0 radical (unpaired) electrons. The molecular weight excluding hydrogens is 446 g/mol. The molecule has 0 saturated carbocycles. The van der Waals surface area contributed by atoms with E-state index in [9.17, 15) is 9.59 Å². The predicted octanol–water partition coefficient (Wildman–Crippen LogP) is 5.14. The highest BCUT2D eigenvalue weighted by Crippen LogP contribution is 2.30. The van der Waals surface area contributed by atoms with Gasteiger partial charge in [0, 0.05) is 10.4 Å². The molecule has 8 heteroatoms. The summed E-state index contributed by atoms with van der Waals surface area (Å²) in [7, 11) is 0. The normalized spacial score (nSPS) is 12.0. The highest BCUT2D eigenvalue weighted by molar-refractivity contribution is 7.20. The van der Waals surface area contributed by atoms with E-state index in [1.165, 1.54) is 11.3 Å². The van der Waals surface area contributed by atoms with E-state index in [2.05, 4.69) is 10.4 Å². The van der Waals surface area contributed by atoms with Gasteiger partial charge in [-0.3, -0.25) is 9.48 Å². The number of thiophene rings is 1. The van der Waals surface area contributed by atoms with E-state index in [0.717, 1.165) is 27.0 Å². The van der Waals surface area contributed by atoms with Crippen molar-refractivity contribution in [2.24, 2.45) is 0 Å². The van der Waals surface area contributed by atoms with E-state index < -0.39 is 5.97 Å². The fraction of sp³-hybridized carbons (Fsp3) is 0.208. The number of ether oxygens (including phenoxy) is 1. The van der Waals surface area contributed by atoms with Crippen LogP contribution in [-0.2, 0) is 16.1 Å². The van der Waals surface area contributed by atoms with Gasteiger partial charge in [-0.15, -0.1) is 11.3 Å². The molecular formula is C24H22ClN3O3S. The van der Waals surface area contributed by atoms with Crippen molar-refractivity contribution < 1.29 is 14.3 Å². The maximum atomic E-state index is 12.6. The second kappa shape index (κ2) is 9.54. The Hall–Kier alpha value is -3.16. The van der Waals surface area contributed by atoms with Crippen LogP contribution in [0.1, 0.15) is 39.5 Å². The first-order valence-electron chi connectivity index (χ1n) is 10.1. The molecule has 32 heavy (non-hydrogen) atoms. The van der Waals surface area contributed by atoms with Crippen molar-refractivity contribution in [1.82, 2.24) is 15.1 Å². The van der Waals surface area contributed by atoms with Crippen LogP contribution in [0.4, 0.5) is 0 Å². The monoisotopic (exact) mass is 467 g/mol. The zero-order chi connectivity index (χ0) is 22.7. The van der Waals surface area contributed by atoms with Gasteiger partial charge in [-0.05, 0) is 37.1 Å². The lowest BCUT2D eigenvalue weighted by Crippen LogP contribution is -2.31. The summed E-state index contributed by atoms with van der Waals surface area (Å²) in [5, 5.41) is 8.96. The first kappa shape index (κ1) is 22.0. The van der Waals surface area contributed by atoms with Gasteiger partial charge in [-0.2, -0.15) is 5.10 Å². The van der Waals surface area contributed by atoms with Crippen molar-refractivity contribution in [1.29, 1.82) is 0 Å². The van der Waals surface area contributed by atoms with E-state index in [0.29, 0.717) is 16.4 Å². The summed E-state index contributed by atoms with van der Waals surface area (Å²) in [4.78, 5) is 26.1. The van der Waals surface area contributed by atoms with Crippen LogP contribution in [-0.4, -0.2) is 28.3 Å². The maximum Gasteiger partial charge on any atom is 0.348 e. The molecule has 164 valence electrons. The summed E-state index contributed by atoms with van der Waals surface area (Å²) in [6.45, 7) is 3.94. The summed E-state index contributed by atoms with van der Waals surface area (Å²) >= 11 is 7.58. The molecule has 1 amide bonds. The molecule has 0 aliphatic rings. The minimum atomic E-state index is -0.530. The number of aryl methyl sites for hydroxylation is 1. The van der Waals surface area contributed by atoms with Crippen LogP contribution in [0.25, 0.3) is 10.2 Å². The Morgan fingerprint density at radius 2 is 1.88 bits per heavy atom. The number of halogens is 1. The van der Waals surface area contributed by atoms with Crippen molar-refractivity contribution in [2.75, 3.05) is 6.61 Å². The van der Waals surface area contributed by atoms with Crippen LogP contribution >= 0.6 is 22.9 Å². The third kappa shape index (κ3) is 4.84. The predicted molar refractivity (Wildman–Crippen MR) is 126 cm³/mol. The van der Waals surface area contributed by atoms with Crippen molar-refractivity contribution >= 4 is 45.0 Å². The van der Waals surface area contributed by atoms with Crippen LogP contribution < -0.4 is 5.32 Å². The summed E-state index contributed by atoms with van der Waals surface area (Å²) in [5.41, 5.74) is 2.74. The molecule has 0 saturated heterocycles. The topological polar surface area (TPSA) is 73.2 Å². The first-order chi connectivity index (χ1) is 15.4. The molecule has 0 aliphatic heterocycles. The Balaban J connectivity index is 1.42.